The van der Waals surface area contributed by atoms with Crippen LogP contribution in [0.25, 0.3) is 10.8 Å². The predicted molar refractivity (Wildman–Crippen MR) is 90.3 cm³/mol. The molecule has 0 aliphatic heterocycles. The Morgan fingerprint density at radius 1 is 1.05 bits per heavy atom. The van der Waals surface area contributed by atoms with Gasteiger partial charge in [0.05, 0.1) is 5.54 Å². The first kappa shape index (κ1) is 14.5. The maximum atomic E-state index is 12.4. The number of nitrogens with two attached hydrogens (primary N) is 1. The van der Waals surface area contributed by atoms with E-state index in [1.165, 1.54) is 6.42 Å². The van der Waals surface area contributed by atoms with E-state index in [0.717, 1.165) is 46.6 Å². The molecule has 1 amide bonds. The minimum Gasteiger partial charge on any atom is -0.324 e. The van der Waals surface area contributed by atoms with Gasteiger partial charge in [0.2, 0.25) is 5.91 Å². The first-order valence-electron chi connectivity index (χ1n) is 7.36. The van der Waals surface area contributed by atoms with E-state index in [1.807, 2.05) is 30.3 Å². The summed E-state index contributed by atoms with van der Waals surface area (Å²) in [6, 6.07) is 12.0. The van der Waals surface area contributed by atoms with E-state index in [4.69, 9.17) is 5.73 Å². The third-order valence-corrected chi connectivity index (χ3v) is 4.75. The summed E-state index contributed by atoms with van der Waals surface area (Å²) in [5.74, 6) is -0.0568. The Kier molecular flexibility index (Phi) is 4.00. The molecular formula is C17H19BrN2O. The smallest absolute Gasteiger partial charge is 0.244 e. The van der Waals surface area contributed by atoms with Crippen LogP contribution in [0, 0.1) is 0 Å². The first-order valence-corrected chi connectivity index (χ1v) is 8.16. The van der Waals surface area contributed by atoms with Crippen molar-refractivity contribution in [1.29, 1.82) is 0 Å². The van der Waals surface area contributed by atoms with Gasteiger partial charge in [0.1, 0.15) is 0 Å². The van der Waals surface area contributed by atoms with Crippen LogP contribution in [-0.4, -0.2) is 11.4 Å². The van der Waals surface area contributed by atoms with Crippen LogP contribution >= 0.6 is 15.9 Å². The Hall–Kier alpha value is -1.39. The monoisotopic (exact) mass is 346 g/mol. The third kappa shape index (κ3) is 3.11. The second-order valence-corrected chi connectivity index (χ2v) is 6.79. The van der Waals surface area contributed by atoms with Gasteiger partial charge in [-0.3, -0.25) is 4.79 Å². The minimum absolute atomic E-state index is 0.0568. The van der Waals surface area contributed by atoms with Crippen molar-refractivity contribution in [2.45, 2.75) is 37.6 Å². The molecule has 0 radical (unpaired) electrons. The second-order valence-electron chi connectivity index (χ2n) is 5.88. The molecule has 1 aliphatic rings. The molecule has 110 valence electrons. The largest absolute Gasteiger partial charge is 0.324 e. The molecular weight excluding hydrogens is 328 g/mol. The number of hydrogen-bond acceptors (Lipinski definition) is 2. The van der Waals surface area contributed by atoms with Crippen LogP contribution in [0.15, 0.2) is 40.9 Å². The quantitative estimate of drug-likeness (QED) is 0.855. The minimum atomic E-state index is -0.701. The Labute approximate surface area is 133 Å². The molecule has 3 N–H and O–H groups in total. The van der Waals surface area contributed by atoms with Crippen molar-refractivity contribution in [1.82, 2.24) is 0 Å². The van der Waals surface area contributed by atoms with Crippen molar-refractivity contribution in [2.75, 3.05) is 5.32 Å². The molecule has 2 aromatic carbocycles. The number of amides is 1. The molecule has 0 bridgehead atoms. The Morgan fingerprint density at radius 3 is 2.48 bits per heavy atom. The standard InChI is InChI=1S/C17H19BrN2O/c18-14-6-4-13-11-15(7-5-12(13)10-14)20-16(21)17(19)8-2-1-3-9-17/h4-7,10-11H,1-3,8-9,19H2,(H,20,21). The van der Waals surface area contributed by atoms with Crippen LogP contribution in [0.4, 0.5) is 5.69 Å². The van der Waals surface area contributed by atoms with Gasteiger partial charge in [-0.2, -0.15) is 0 Å². The molecule has 0 heterocycles. The number of carbonyl (C=O) groups is 1. The third-order valence-electron chi connectivity index (χ3n) is 4.26. The van der Waals surface area contributed by atoms with E-state index in [2.05, 4.69) is 27.3 Å². The van der Waals surface area contributed by atoms with Gasteiger partial charge >= 0.3 is 0 Å². The topological polar surface area (TPSA) is 55.1 Å². The molecule has 2 aromatic rings. The highest BCUT2D eigenvalue weighted by Crippen LogP contribution is 2.28. The average Bonchev–Trinajstić information content (AvgIpc) is 2.48. The SMILES string of the molecule is NC1(C(=O)Nc2ccc3cc(Br)ccc3c2)CCCCC1. The maximum Gasteiger partial charge on any atom is 0.244 e. The average molecular weight is 347 g/mol. The summed E-state index contributed by atoms with van der Waals surface area (Å²) in [7, 11) is 0. The zero-order valence-electron chi connectivity index (χ0n) is 11.9. The molecule has 3 nitrogen and oxygen atoms in total. The fourth-order valence-corrected chi connectivity index (χ4v) is 3.34. The van der Waals surface area contributed by atoms with Gasteiger partial charge in [0.15, 0.2) is 0 Å². The number of carbonyl (C=O) groups excluding carboxylic acids is 1. The Bertz CT molecular complexity index is 678. The number of fused-ring (bicyclic) bond motifs is 1. The van der Waals surface area contributed by atoms with Crippen LogP contribution in [-0.2, 0) is 4.79 Å². The second kappa shape index (κ2) is 5.78. The van der Waals surface area contributed by atoms with Crippen molar-refractivity contribution in [3.05, 3.63) is 40.9 Å². The molecule has 1 aliphatic carbocycles. The zero-order valence-corrected chi connectivity index (χ0v) is 13.4. The van der Waals surface area contributed by atoms with Crippen LogP contribution in [0.2, 0.25) is 0 Å². The molecule has 0 unspecified atom stereocenters. The molecule has 0 spiro atoms. The molecule has 0 aromatic heterocycles. The Balaban J connectivity index is 1.81. The van der Waals surface area contributed by atoms with E-state index in [-0.39, 0.29) is 5.91 Å². The molecule has 3 rings (SSSR count). The number of halogens is 1. The van der Waals surface area contributed by atoms with Gasteiger partial charge in [-0.25, -0.2) is 0 Å². The van der Waals surface area contributed by atoms with Crippen LogP contribution in [0.1, 0.15) is 32.1 Å². The normalized spacial score (nSPS) is 17.6. The summed E-state index contributed by atoms with van der Waals surface area (Å²) in [5, 5.41) is 5.23. The number of anilines is 1. The number of benzene rings is 2. The van der Waals surface area contributed by atoms with Crippen LogP contribution in [0.3, 0.4) is 0 Å². The highest BCUT2D eigenvalue weighted by atomic mass is 79.9. The lowest BCUT2D eigenvalue weighted by Gasteiger charge is -2.31. The van der Waals surface area contributed by atoms with Crippen molar-refractivity contribution in [2.24, 2.45) is 5.73 Å². The fraction of sp³-hybridized carbons (Fsp3) is 0.353. The van der Waals surface area contributed by atoms with Crippen molar-refractivity contribution >= 4 is 38.3 Å². The van der Waals surface area contributed by atoms with E-state index in [1.54, 1.807) is 0 Å². The fourth-order valence-electron chi connectivity index (χ4n) is 2.96. The van der Waals surface area contributed by atoms with Crippen molar-refractivity contribution in [3.8, 4) is 0 Å². The predicted octanol–water partition coefficient (Wildman–Crippen LogP) is 4.20. The lowest BCUT2D eigenvalue weighted by atomic mass is 9.82. The Morgan fingerprint density at radius 2 is 1.71 bits per heavy atom. The summed E-state index contributed by atoms with van der Waals surface area (Å²) in [4.78, 5) is 12.4. The summed E-state index contributed by atoms with van der Waals surface area (Å²) in [5.41, 5.74) is 6.37. The van der Waals surface area contributed by atoms with E-state index >= 15 is 0 Å². The van der Waals surface area contributed by atoms with Crippen molar-refractivity contribution < 1.29 is 4.79 Å². The lowest BCUT2D eigenvalue weighted by molar-refractivity contribution is -0.122. The molecule has 1 fully saturated rings. The number of rotatable bonds is 2. The van der Waals surface area contributed by atoms with E-state index < -0.39 is 5.54 Å². The zero-order chi connectivity index (χ0) is 14.9. The summed E-state index contributed by atoms with van der Waals surface area (Å²) >= 11 is 3.46. The first-order chi connectivity index (χ1) is 10.1. The van der Waals surface area contributed by atoms with Crippen molar-refractivity contribution in [3.63, 3.8) is 0 Å². The van der Waals surface area contributed by atoms with Gasteiger partial charge in [0.25, 0.3) is 0 Å². The number of hydrogen-bond donors (Lipinski definition) is 2. The van der Waals surface area contributed by atoms with Gasteiger partial charge < -0.3 is 11.1 Å². The lowest BCUT2D eigenvalue weighted by Crippen LogP contribution is -2.52. The van der Waals surface area contributed by atoms with E-state index in [9.17, 15) is 4.79 Å². The van der Waals surface area contributed by atoms with Crippen LogP contribution in [0.5, 0.6) is 0 Å². The van der Waals surface area contributed by atoms with Gasteiger partial charge in [-0.15, -0.1) is 0 Å². The van der Waals surface area contributed by atoms with Crippen LogP contribution < -0.4 is 11.1 Å². The molecule has 1 saturated carbocycles. The summed E-state index contributed by atoms with van der Waals surface area (Å²) < 4.78 is 1.05. The maximum absolute atomic E-state index is 12.4. The van der Waals surface area contributed by atoms with Gasteiger partial charge in [-0.05, 0) is 47.9 Å². The molecule has 21 heavy (non-hydrogen) atoms. The highest BCUT2D eigenvalue weighted by Gasteiger charge is 2.35. The summed E-state index contributed by atoms with van der Waals surface area (Å²) in [6.45, 7) is 0. The summed E-state index contributed by atoms with van der Waals surface area (Å²) in [6.07, 6.45) is 4.81. The molecule has 0 saturated heterocycles. The van der Waals surface area contributed by atoms with Gasteiger partial charge in [-0.1, -0.05) is 47.3 Å². The van der Waals surface area contributed by atoms with Gasteiger partial charge in [0, 0.05) is 10.2 Å². The van der Waals surface area contributed by atoms with E-state index in [0.29, 0.717) is 0 Å². The number of nitrogens with one attached hydrogen (secondary N) is 1. The molecule has 4 heteroatoms. The highest BCUT2D eigenvalue weighted by molar-refractivity contribution is 9.10. The molecule has 0 atom stereocenters.